The van der Waals surface area contributed by atoms with E-state index in [9.17, 15) is 0 Å². The molecule has 1 aliphatic rings. The van der Waals surface area contributed by atoms with Crippen LogP contribution in [0, 0.1) is 0 Å². The maximum Gasteiger partial charge on any atom is 0.0935 e. The molecule has 1 atom stereocenters. The standard InChI is InChI=1S/C10H12BrN3/c1-2-14-4-3-10(13-14)8-5-9(11)7-12-6-8/h3-6,9H,2,7H2,1H3. The molecule has 3 nitrogen and oxygen atoms in total. The van der Waals surface area contributed by atoms with Crippen LogP contribution in [0.4, 0.5) is 0 Å². The number of alkyl halides is 1. The molecule has 0 aromatic carbocycles. The topological polar surface area (TPSA) is 30.2 Å². The Morgan fingerprint density at radius 1 is 1.64 bits per heavy atom. The molecule has 0 spiro atoms. The number of aliphatic imine (C=N–C) groups is 1. The van der Waals surface area contributed by atoms with Crippen LogP contribution in [0.5, 0.6) is 0 Å². The molecule has 0 bridgehead atoms. The fraction of sp³-hybridized carbons (Fsp3) is 0.400. The van der Waals surface area contributed by atoms with Gasteiger partial charge in [0.25, 0.3) is 0 Å². The summed E-state index contributed by atoms with van der Waals surface area (Å²) in [6, 6.07) is 2.02. The minimum atomic E-state index is 0.342. The van der Waals surface area contributed by atoms with Crippen LogP contribution in [0.25, 0.3) is 5.57 Å². The van der Waals surface area contributed by atoms with Crippen molar-refractivity contribution in [2.24, 2.45) is 4.99 Å². The van der Waals surface area contributed by atoms with Crippen molar-refractivity contribution in [1.29, 1.82) is 0 Å². The molecular weight excluding hydrogens is 242 g/mol. The van der Waals surface area contributed by atoms with E-state index in [-0.39, 0.29) is 0 Å². The third kappa shape index (κ3) is 1.95. The van der Waals surface area contributed by atoms with E-state index in [0.717, 1.165) is 24.4 Å². The monoisotopic (exact) mass is 253 g/mol. The summed E-state index contributed by atoms with van der Waals surface area (Å²) in [7, 11) is 0. The van der Waals surface area contributed by atoms with Gasteiger partial charge in [0, 0.05) is 24.5 Å². The van der Waals surface area contributed by atoms with Crippen molar-refractivity contribution in [3.63, 3.8) is 0 Å². The van der Waals surface area contributed by atoms with Crippen LogP contribution in [0.2, 0.25) is 0 Å². The Morgan fingerprint density at radius 2 is 2.50 bits per heavy atom. The molecular formula is C10H12BrN3. The first-order valence-corrected chi connectivity index (χ1v) is 5.60. The van der Waals surface area contributed by atoms with Gasteiger partial charge in [-0.1, -0.05) is 22.0 Å². The van der Waals surface area contributed by atoms with E-state index in [1.54, 1.807) is 0 Å². The molecule has 0 saturated carbocycles. The van der Waals surface area contributed by atoms with Crippen LogP contribution >= 0.6 is 15.9 Å². The van der Waals surface area contributed by atoms with E-state index in [4.69, 9.17) is 0 Å². The zero-order valence-electron chi connectivity index (χ0n) is 8.02. The van der Waals surface area contributed by atoms with Gasteiger partial charge >= 0.3 is 0 Å². The van der Waals surface area contributed by atoms with Gasteiger partial charge < -0.3 is 0 Å². The number of hydrogen-bond donors (Lipinski definition) is 0. The Morgan fingerprint density at radius 3 is 3.14 bits per heavy atom. The van der Waals surface area contributed by atoms with Crippen molar-refractivity contribution in [3.05, 3.63) is 24.0 Å². The SMILES string of the molecule is CCn1ccc(C2=CC(Br)CN=C2)n1. The molecule has 1 aromatic rings. The zero-order chi connectivity index (χ0) is 9.97. The highest BCUT2D eigenvalue weighted by Gasteiger charge is 2.10. The molecule has 1 aromatic heterocycles. The van der Waals surface area contributed by atoms with Crippen molar-refractivity contribution in [2.45, 2.75) is 18.3 Å². The largest absolute Gasteiger partial charge is 0.291 e. The highest BCUT2D eigenvalue weighted by molar-refractivity contribution is 9.09. The number of dihydropyridines is 1. The molecule has 0 radical (unpaired) electrons. The predicted octanol–water partition coefficient (Wildman–Crippen LogP) is 2.13. The van der Waals surface area contributed by atoms with Crippen LogP contribution in [0.15, 0.2) is 23.3 Å². The lowest BCUT2D eigenvalue weighted by atomic mass is 10.1. The zero-order valence-corrected chi connectivity index (χ0v) is 9.61. The van der Waals surface area contributed by atoms with E-state index in [1.807, 2.05) is 23.2 Å². The molecule has 0 aliphatic carbocycles. The van der Waals surface area contributed by atoms with E-state index in [1.165, 1.54) is 0 Å². The minimum absolute atomic E-state index is 0.342. The number of nitrogens with zero attached hydrogens (tertiary/aromatic N) is 3. The van der Waals surface area contributed by atoms with E-state index >= 15 is 0 Å². The Kier molecular flexibility index (Phi) is 2.82. The van der Waals surface area contributed by atoms with Crippen molar-refractivity contribution in [3.8, 4) is 0 Å². The fourth-order valence-corrected chi connectivity index (χ4v) is 1.84. The highest BCUT2D eigenvalue weighted by Crippen LogP contribution is 2.17. The maximum absolute atomic E-state index is 4.42. The van der Waals surface area contributed by atoms with E-state index < -0.39 is 0 Å². The number of rotatable bonds is 2. The highest BCUT2D eigenvalue weighted by atomic mass is 79.9. The average Bonchev–Trinajstić information content (AvgIpc) is 2.66. The smallest absolute Gasteiger partial charge is 0.0935 e. The number of aryl methyl sites for hydroxylation is 1. The normalized spacial score (nSPS) is 21.0. The molecule has 2 rings (SSSR count). The first kappa shape index (κ1) is 9.65. The summed E-state index contributed by atoms with van der Waals surface area (Å²) in [6.45, 7) is 3.80. The molecule has 1 unspecified atom stereocenters. The van der Waals surface area contributed by atoms with Crippen molar-refractivity contribution < 1.29 is 0 Å². The third-order valence-electron chi connectivity index (χ3n) is 2.13. The summed E-state index contributed by atoms with van der Waals surface area (Å²) in [6.07, 6.45) is 6.03. The average molecular weight is 254 g/mol. The second-order valence-electron chi connectivity index (χ2n) is 3.19. The molecule has 74 valence electrons. The quantitative estimate of drug-likeness (QED) is 0.743. The minimum Gasteiger partial charge on any atom is -0.291 e. The van der Waals surface area contributed by atoms with E-state index in [2.05, 4.69) is 39.0 Å². The summed E-state index contributed by atoms with van der Waals surface area (Å²) < 4.78 is 1.92. The van der Waals surface area contributed by atoms with Crippen molar-refractivity contribution >= 4 is 27.7 Å². The lowest BCUT2D eigenvalue weighted by molar-refractivity contribution is 0.657. The summed E-state index contributed by atoms with van der Waals surface area (Å²) in [5.41, 5.74) is 2.10. The third-order valence-corrected chi connectivity index (χ3v) is 2.68. The summed E-state index contributed by atoms with van der Waals surface area (Å²) in [5.74, 6) is 0. The molecule has 2 heterocycles. The van der Waals surface area contributed by atoms with Gasteiger partial charge in [-0.05, 0) is 13.0 Å². The van der Waals surface area contributed by atoms with Crippen LogP contribution in [-0.2, 0) is 6.54 Å². The molecule has 0 fully saturated rings. The van der Waals surface area contributed by atoms with E-state index in [0.29, 0.717) is 4.83 Å². The molecule has 1 aliphatic heterocycles. The van der Waals surface area contributed by atoms with Crippen molar-refractivity contribution in [1.82, 2.24) is 9.78 Å². The first-order valence-electron chi connectivity index (χ1n) is 4.69. The first-order chi connectivity index (χ1) is 6.79. The van der Waals surface area contributed by atoms with Gasteiger partial charge in [-0.2, -0.15) is 5.10 Å². The van der Waals surface area contributed by atoms with Gasteiger partial charge in [-0.25, -0.2) is 0 Å². The lowest BCUT2D eigenvalue weighted by Gasteiger charge is -2.08. The van der Waals surface area contributed by atoms with Gasteiger partial charge in [-0.15, -0.1) is 0 Å². The maximum atomic E-state index is 4.42. The molecule has 0 N–H and O–H groups in total. The number of allylic oxidation sites excluding steroid dienone is 1. The Bertz CT molecular complexity index is 378. The summed E-state index contributed by atoms with van der Waals surface area (Å²) >= 11 is 3.53. The van der Waals surface area contributed by atoms with Crippen LogP contribution < -0.4 is 0 Å². The fourth-order valence-electron chi connectivity index (χ4n) is 1.39. The molecule has 4 heteroatoms. The molecule has 14 heavy (non-hydrogen) atoms. The second kappa shape index (κ2) is 4.09. The van der Waals surface area contributed by atoms with Crippen molar-refractivity contribution in [2.75, 3.05) is 6.54 Å². The molecule has 0 saturated heterocycles. The van der Waals surface area contributed by atoms with Gasteiger partial charge in [-0.3, -0.25) is 9.67 Å². The van der Waals surface area contributed by atoms with Gasteiger partial charge in [0.1, 0.15) is 0 Å². The van der Waals surface area contributed by atoms with Crippen LogP contribution in [-0.4, -0.2) is 27.4 Å². The van der Waals surface area contributed by atoms with Gasteiger partial charge in [0.05, 0.1) is 17.1 Å². The van der Waals surface area contributed by atoms with Gasteiger partial charge in [0.15, 0.2) is 0 Å². The summed E-state index contributed by atoms with van der Waals surface area (Å²) in [4.78, 5) is 4.60. The number of halogens is 1. The second-order valence-corrected chi connectivity index (χ2v) is 4.37. The predicted molar refractivity (Wildman–Crippen MR) is 62.0 cm³/mol. The molecule has 0 amide bonds. The summed E-state index contributed by atoms with van der Waals surface area (Å²) in [5, 5.41) is 4.42. The number of aromatic nitrogens is 2. The van der Waals surface area contributed by atoms with Gasteiger partial charge in [0.2, 0.25) is 0 Å². The van der Waals surface area contributed by atoms with Crippen LogP contribution in [0.3, 0.4) is 0 Å². The van der Waals surface area contributed by atoms with Crippen LogP contribution in [0.1, 0.15) is 12.6 Å². The Hall–Kier alpha value is -0.900. The Balaban J connectivity index is 2.26. The Labute approximate surface area is 91.7 Å². The lowest BCUT2D eigenvalue weighted by Crippen LogP contribution is -2.06. The number of hydrogen-bond acceptors (Lipinski definition) is 2.